The zero-order valence-electron chi connectivity index (χ0n) is 12.2. The Balaban J connectivity index is 2.34. The third-order valence-corrected chi connectivity index (χ3v) is 3.59. The molecule has 2 N–H and O–H groups in total. The molecule has 126 valence electrons. The van der Waals surface area contributed by atoms with E-state index in [0.717, 1.165) is 12.1 Å². The van der Waals surface area contributed by atoms with Gasteiger partial charge in [0.25, 0.3) is 0 Å². The van der Waals surface area contributed by atoms with Crippen molar-refractivity contribution in [1.82, 2.24) is 0 Å². The van der Waals surface area contributed by atoms with Gasteiger partial charge in [0.05, 0.1) is 17.0 Å². The van der Waals surface area contributed by atoms with Crippen molar-refractivity contribution >= 4 is 11.9 Å². The molecule has 7 heteroatoms. The van der Waals surface area contributed by atoms with E-state index in [-0.39, 0.29) is 17.5 Å². The van der Waals surface area contributed by atoms with Gasteiger partial charge < -0.3 is 10.2 Å². The maximum absolute atomic E-state index is 12.6. The fraction of sp³-hybridized carbons (Fsp3) is 0.176. The highest BCUT2D eigenvalue weighted by atomic mass is 19.4. The van der Waals surface area contributed by atoms with Gasteiger partial charge in [-0.1, -0.05) is 30.3 Å². The number of aromatic carboxylic acids is 1. The number of aliphatic carboxylic acids is 1. The summed E-state index contributed by atoms with van der Waals surface area (Å²) in [5.74, 6) is -3.68. The van der Waals surface area contributed by atoms with Gasteiger partial charge in [-0.25, -0.2) is 4.79 Å². The van der Waals surface area contributed by atoms with Gasteiger partial charge in [0, 0.05) is 0 Å². The van der Waals surface area contributed by atoms with Gasteiger partial charge in [-0.3, -0.25) is 4.79 Å². The molecule has 1 unspecified atom stereocenters. The van der Waals surface area contributed by atoms with Crippen LogP contribution in [0.4, 0.5) is 13.2 Å². The predicted molar refractivity (Wildman–Crippen MR) is 78.9 cm³/mol. The fourth-order valence-corrected chi connectivity index (χ4v) is 2.39. The minimum absolute atomic E-state index is 0.109. The molecule has 0 aliphatic rings. The van der Waals surface area contributed by atoms with Crippen LogP contribution >= 0.6 is 0 Å². The van der Waals surface area contributed by atoms with Crippen LogP contribution in [0.3, 0.4) is 0 Å². The molecule has 0 saturated carbocycles. The van der Waals surface area contributed by atoms with Crippen LogP contribution in [0, 0.1) is 0 Å². The number of carbonyl (C=O) groups is 2. The lowest BCUT2D eigenvalue weighted by Gasteiger charge is -2.16. The average Bonchev–Trinajstić information content (AvgIpc) is 2.52. The summed E-state index contributed by atoms with van der Waals surface area (Å²) in [6, 6.07) is 9.82. The molecule has 2 aromatic carbocycles. The molecule has 0 aliphatic heterocycles. The molecule has 0 saturated heterocycles. The first kappa shape index (κ1) is 17.5. The van der Waals surface area contributed by atoms with E-state index in [0.29, 0.717) is 5.56 Å². The Morgan fingerprint density at radius 3 is 2.04 bits per heavy atom. The van der Waals surface area contributed by atoms with Crippen LogP contribution in [-0.4, -0.2) is 22.2 Å². The molecular formula is C17H13F3O4. The van der Waals surface area contributed by atoms with Gasteiger partial charge in [0.15, 0.2) is 0 Å². The van der Waals surface area contributed by atoms with Crippen molar-refractivity contribution in [3.05, 3.63) is 70.8 Å². The topological polar surface area (TPSA) is 74.6 Å². The standard InChI is InChI=1S/C17H13F3O4/c18-17(19,20)11-7-5-10(6-8-11)9-14(16(23)24)12-3-1-2-4-13(12)15(21)22/h1-8,14H,9H2,(H,21,22)(H,23,24). The Labute approximate surface area is 135 Å². The van der Waals surface area contributed by atoms with E-state index in [1.807, 2.05) is 0 Å². The normalized spacial score (nSPS) is 12.6. The SMILES string of the molecule is O=C(O)c1ccccc1C(Cc1ccc(C(F)(F)F)cc1)C(=O)O. The quantitative estimate of drug-likeness (QED) is 0.869. The number of carboxylic acid groups (broad SMARTS) is 2. The first-order valence-corrected chi connectivity index (χ1v) is 6.91. The van der Waals surface area contributed by atoms with Crippen molar-refractivity contribution in [2.24, 2.45) is 0 Å². The maximum atomic E-state index is 12.6. The highest BCUT2D eigenvalue weighted by Gasteiger charge is 2.30. The summed E-state index contributed by atoms with van der Waals surface area (Å²) < 4.78 is 37.7. The van der Waals surface area contributed by atoms with E-state index in [4.69, 9.17) is 0 Å². The summed E-state index contributed by atoms with van der Waals surface area (Å²) >= 11 is 0. The summed E-state index contributed by atoms with van der Waals surface area (Å²) in [7, 11) is 0. The maximum Gasteiger partial charge on any atom is 0.416 e. The fourth-order valence-electron chi connectivity index (χ4n) is 2.39. The molecule has 0 fully saturated rings. The number of benzene rings is 2. The van der Waals surface area contributed by atoms with Crippen LogP contribution in [0.15, 0.2) is 48.5 Å². The number of hydrogen-bond donors (Lipinski definition) is 2. The van der Waals surface area contributed by atoms with Crippen molar-refractivity contribution in [1.29, 1.82) is 0 Å². The molecule has 2 rings (SSSR count). The lowest BCUT2D eigenvalue weighted by Crippen LogP contribution is -2.18. The average molecular weight is 338 g/mol. The van der Waals surface area contributed by atoms with E-state index in [1.165, 1.54) is 36.4 Å². The number of hydrogen-bond acceptors (Lipinski definition) is 2. The minimum Gasteiger partial charge on any atom is -0.481 e. The Bertz CT molecular complexity index is 751. The molecule has 2 aromatic rings. The Morgan fingerprint density at radius 1 is 0.958 bits per heavy atom. The smallest absolute Gasteiger partial charge is 0.416 e. The zero-order chi connectivity index (χ0) is 17.9. The molecular weight excluding hydrogens is 325 g/mol. The van der Waals surface area contributed by atoms with Crippen LogP contribution in [0.1, 0.15) is 33.0 Å². The van der Waals surface area contributed by atoms with E-state index in [2.05, 4.69) is 0 Å². The third-order valence-electron chi connectivity index (χ3n) is 3.59. The van der Waals surface area contributed by atoms with Crippen molar-refractivity contribution in [3.8, 4) is 0 Å². The van der Waals surface area contributed by atoms with Crippen LogP contribution in [0.5, 0.6) is 0 Å². The van der Waals surface area contributed by atoms with Gasteiger partial charge in [-0.05, 0) is 35.7 Å². The molecule has 0 heterocycles. The summed E-state index contributed by atoms with van der Waals surface area (Å²) in [6.07, 6.45) is -4.58. The highest BCUT2D eigenvalue weighted by Crippen LogP contribution is 2.30. The first-order valence-electron chi connectivity index (χ1n) is 6.91. The monoisotopic (exact) mass is 338 g/mol. The largest absolute Gasteiger partial charge is 0.481 e. The van der Waals surface area contributed by atoms with Crippen molar-refractivity contribution in [3.63, 3.8) is 0 Å². The minimum atomic E-state index is -4.47. The van der Waals surface area contributed by atoms with Gasteiger partial charge in [0.2, 0.25) is 0 Å². The number of carboxylic acids is 2. The summed E-state index contributed by atoms with van der Waals surface area (Å²) in [5.41, 5.74) is -0.492. The Morgan fingerprint density at radius 2 is 1.54 bits per heavy atom. The number of halogens is 3. The van der Waals surface area contributed by atoms with E-state index >= 15 is 0 Å². The molecule has 0 bridgehead atoms. The second-order valence-electron chi connectivity index (χ2n) is 5.18. The molecule has 0 aromatic heterocycles. The second-order valence-corrected chi connectivity index (χ2v) is 5.18. The molecule has 1 atom stereocenters. The molecule has 24 heavy (non-hydrogen) atoms. The summed E-state index contributed by atoms with van der Waals surface area (Å²) in [5, 5.41) is 18.6. The number of rotatable bonds is 5. The Hall–Kier alpha value is -2.83. The van der Waals surface area contributed by atoms with Crippen LogP contribution in [-0.2, 0) is 17.4 Å². The van der Waals surface area contributed by atoms with E-state index in [9.17, 15) is 33.0 Å². The summed E-state index contributed by atoms with van der Waals surface area (Å²) in [4.78, 5) is 22.8. The molecule has 0 spiro atoms. The van der Waals surface area contributed by atoms with Gasteiger partial charge >= 0.3 is 18.1 Å². The molecule has 0 radical (unpaired) electrons. The Kier molecular flexibility index (Phi) is 4.92. The van der Waals surface area contributed by atoms with E-state index in [1.54, 1.807) is 0 Å². The van der Waals surface area contributed by atoms with Gasteiger partial charge in [-0.2, -0.15) is 13.2 Å². The van der Waals surface area contributed by atoms with Crippen LogP contribution < -0.4 is 0 Å². The van der Waals surface area contributed by atoms with Gasteiger partial charge in [-0.15, -0.1) is 0 Å². The molecule has 4 nitrogen and oxygen atoms in total. The van der Waals surface area contributed by atoms with Gasteiger partial charge in [0.1, 0.15) is 0 Å². The predicted octanol–water partition coefficient (Wildman–Crippen LogP) is 3.81. The van der Waals surface area contributed by atoms with Crippen LogP contribution in [0.2, 0.25) is 0 Å². The van der Waals surface area contributed by atoms with Crippen molar-refractivity contribution < 1.29 is 33.0 Å². The van der Waals surface area contributed by atoms with Crippen molar-refractivity contribution in [2.75, 3.05) is 0 Å². The number of alkyl halides is 3. The molecule has 0 aliphatic carbocycles. The lowest BCUT2D eigenvalue weighted by atomic mass is 9.88. The van der Waals surface area contributed by atoms with Crippen LogP contribution in [0.25, 0.3) is 0 Å². The zero-order valence-corrected chi connectivity index (χ0v) is 12.2. The molecule has 0 amide bonds. The van der Waals surface area contributed by atoms with E-state index < -0.39 is 29.6 Å². The van der Waals surface area contributed by atoms with Crippen molar-refractivity contribution in [2.45, 2.75) is 18.5 Å². The summed E-state index contributed by atoms with van der Waals surface area (Å²) in [6.45, 7) is 0. The highest BCUT2D eigenvalue weighted by molar-refractivity contribution is 5.92. The third kappa shape index (κ3) is 3.92. The first-order chi connectivity index (χ1) is 11.2. The lowest BCUT2D eigenvalue weighted by molar-refractivity contribution is -0.139. The second kappa shape index (κ2) is 6.74.